The molecule has 1 aromatic rings. The number of hydrogen-bond donors (Lipinski definition) is 2. The molecule has 0 bridgehead atoms. The van der Waals surface area contributed by atoms with Gasteiger partial charge in [-0.2, -0.15) is 0 Å². The molecule has 0 spiro atoms. The quantitative estimate of drug-likeness (QED) is 0.831. The second-order valence-corrected chi connectivity index (χ2v) is 6.59. The van der Waals surface area contributed by atoms with E-state index in [0.29, 0.717) is 12.3 Å². The van der Waals surface area contributed by atoms with Crippen LogP contribution in [-0.4, -0.2) is 18.1 Å². The second kappa shape index (κ2) is 9.14. The fourth-order valence-electron chi connectivity index (χ4n) is 3.07. The van der Waals surface area contributed by atoms with E-state index in [0.717, 1.165) is 30.6 Å². The molecule has 0 saturated heterocycles. The van der Waals surface area contributed by atoms with E-state index in [-0.39, 0.29) is 36.5 Å². The number of nitrogens with one attached hydrogen (secondary N) is 1. The molecule has 3 atom stereocenters. The van der Waals surface area contributed by atoms with Gasteiger partial charge in [-0.3, -0.25) is 4.79 Å². The van der Waals surface area contributed by atoms with Crippen molar-refractivity contribution in [1.82, 2.24) is 5.32 Å². The summed E-state index contributed by atoms with van der Waals surface area (Å²) in [5.74, 6) is 1.26. The van der Waals surface area contributed by atoms with Crippen molar-refractivity contribution in [2.24, 2.45) is 11.7 Å². The molecule has 1 amide bonds. The average Bonchev–Trinajstić information content (AvgIpc) is 2.83. The van der Waals surface area contributed by atoms with Gasteiger partial charge in [0.2, 0.25) is 5.91 Å². The molecule has 0 heterocycles. The van der Waals surface area contributed by atoms with Crippen LogP contribution in [0.4, 0.5) is 0 Å². The van der Waals surface area contributed by atoms with Crippen LogP contribution in [0.2, 0.25) is 0 Å². The highest BCUT2D eigenvalue weighted by molar-refractivity contribution is 5.85. The number of benzene rings is 1. The minimum atomic E-state index is -0.0270. The van der Waals surface area contributed by atoms with Crippen molar-refractivity contribution in [3.05, 3.63) is 29.8 Å². The lowest BCUT2D eigenvalue weighted by Crippen LogP contribution is -2.32. The fraction of sp³-hybridized carbons (Fsp3) is 0.611. The standard InChI is InChI=1S/C18H28N2O2.ClH/c1-12(2)22-16-8-4-6-14(10-16)13(3)20-18(21)11-15-7-5-9-17(15)19;/h4,6,8,10,12-13,15,17H,5,7,9,11,19H2,1-3H3,(H,20,21);1H/t13?,15-,17+;/m0./s1. The molecule has 1 fully saturated rings. The maximum atomic E-state index is 12.2. The molecule has 1 unspecified atom stereocenters. The van der Waals surface area contributed by atoms with Crippen molar-refractivity contribution < 1.29 is 9.53 Å². The van der Waals surface area contributed by atoms with E-state index >= 15 is 0 Å². The Bertz CT molecular complexity index is 508. The molecule has 3 N–H and O–H groups in total. The van der Waals surface area contributed by atoms with Crippen LogP contribution in [0.1, 0.15) is 58.1 Å². The highest BCUT2D eigenvalue weighted by Crippen LogP contribution is 2.27. The predicted molar refractivity (Wildman–Crippen MR) is 95.9 cm³/mol. The number of ether oxygens (including phenoxy) is 1. The normalized spacial score (nSPS) is 21.6. The Kier molecular flexibility index (Phi) is 7.86. The van der Waals surface area contributed by atoms with E-state index in [2.05, 4.69) is 5.32 Å². The van der Waals surface area contributed by atoms with E-state index in [9.17, 15) is 4.79 Å². The predicted octanol–water partition coefficient (Wildman–Crippen LogP) is 3.59. The number of halogens is 1. The fourth-order valence-corrected chi connectivity index (χ4v) is 3.07. The summed E-state index contributed by atoms with van der Waals surface area (Å²) in [6.07, 6.45) is 3.93. The average molecular weight is 341 g/mol. The topological polar surface area (TPSA) is 64.3 Å². The van der Waals surface area contributed by atoms with Gasteiger partial charge in [-0.15, -0.1) is 12.4 Å². The third-order valence-electron chi connectivity index (χ3n) is 4.27. The molecule has 23 heavy (non-hydrogen) atoms. The van der Waals surface area contributed by atoms with E-state index < -0.39 is 0 Å². The van der Waals surface area contributed by atoms with Crippen molar-refractivity contribution >= 4 is 18.3 Å². The Hall–Kier alpha value is -1.26. The lowest BCUT2D eigenvalue weighted by atomic mass is 9.99. The summed E-state index contributed by atoms with van der Waals surface area (Å²) in [4.78, 5) is 12.2. The molecule has 1 aliphatic rings. The van der Waals surface area contributed by atoms with Crippen LogP contribution >= 0.6 is 12.4 Å². The highest BCUT2D eigenvalue weighted by Gasteiger charge is 2.26. The molecule has 1 saturated carbocycles. The third-order valence-corrected chi connectivity index (χ3v) is 4.27. The number of carbonyl (C=O) groups is 1. The van der Waals surface area contributed by atoms with E-state index in [1.54, 1.807) is 0 Å². The minimum Gasteiger partial charge on any atom is -0.491 e. The monoisotopic (exact) mass is 340 g/mol. The number of hydrogen-bond acceptors (Lipinski definition) is 3. The van der Waals surface area contributed by atoms with Gasteiger partial charge in [0.15, 0.2) is 0 Å². The second-order valence-electron chi connectivity index (χ2n) is 6.59. The molecule has 0 aromatic heterocycles. The highest BCUT2D eigenvalue weighted by atomic mass is 35.5. The lowest BCUT2D eigenvalue weighted by molar-refractivity contribution is -0.122. The van der Waals surface area contributed by atoms with Gasteiger partial charge in [-0.05, 0) is 57.2 Å². The number of amides is 1. The molecule has 1 aliphatic carbocycles. The lowest BCUT2D eigenvalue weighted by Gasteiger charge is -2.19. The van der Waals surface area contributed by atoms with Gasteiger partial charge < -0.3 is 15.8 Å². The Morgan fingerprint density at radius 2 is 2.09 bits per heavy atom. The van der Waals surface area contributed by atoms with Gasteiger partial charge in [-0.1, -0.05) is 18.6 Å². The van der Waals surface area contributed by atoms with Crippen molar-refractivity contribution in [3.8, 4) is 5.75 Å². The Labute approximate surface area is 145 Å². The summed E-state index contributed by atoms with van der Waals surface area (Å²) >= 11 is 0. The van der Waals surface area contributed by atoms with Gasteiger partial charge in [0, 0.05) is 12.5 Å². The Balaban J connectivity index is 0.00000264. The first-order chi connectivity index (χ1) is 10.5. The van der Waals surface area contributed by atoms with Crippen LogP contribution in [0.5, 0.6) is 5.75 Å². The summed E-state index contributed by atoms with van der Waals surface area (Å²) in [5, 5.41) is 3.07. The summed E-state index contributed by atoms with van der Waals surface area (Å²) in [6.45, 7) is 6.01. The smallest absolute Gasteiger partial charge is 0.220 e. The van der Waals surface area contributed by atoms with Crippen LogP contribution < -0.4 is 15.8 Å². The molecular weight excluding hydrogens is 312 g/mol. The molecule has 130 valence electrons. The zero-order valence-corrected chi connectivity index (χ0v) is 15.1. The Morgan fingerprint density at radius 1 is 1.35 bits per heavy atom. The number of rotatable bonds is 6. The maximum Gasteiger partial charge on any atom is 0.220 e. The van der Waals surface area contributed by atoms with Crippen molar-refractivity contribution in [2.45, 2.75) is 64.6 Å². The van der Waals surface area contributed by atoms with Gasteiger partial charge >= 0.3 is 0 Å². The van der Waals surface area contributed by atoms with Gasteiger partial charge in [0.25, 0.3) is 0 Å². The van der Waals surface area contributed by atoms with Crippen LogP contribution in [0.15, 0.2) is 24.3 Å². The summed E-state index contributed by atoms with van der Waals surface area (Å²) in [6, 6.07) is 8.06. The van der Waals surface area contributed by atoms with Crippen LogP contribution in [0, 0.1) is 5.92 Å². The summed E-state index contributed by atoms with van der Waals surface area (Å²) in [5.41, 5.74) is 7.10. The first-order valence-electron chi connectivity index (χ1n) is 8.27. The third kappa shape index (κ3) is 6.04. The van der Waals surface area contributed by atoms with Crippen molar-refractivity contribution in [2.75, 3.05) is 0 Å². The number of nitrogens with two attached hydrogens (primary N) is 1. The van der Waals surface area contributed by atoms with Crippen LogP contribution in [0.3, 0.4) is 0 Å². The molecule has 4 nitrogen and oxygen atoms in total. The first kappa shape index (κ1) is 19.8. The molecule has 0 aliphatic heterocycles. The molecule has 2 rings (SSSR count). The maximum absolute atomic E-state index is 12.2. The largest absolute Gasteiger partial charge is 0.491 e. The van der Waals surface area contributed by atoms with E-state index in [1.807, 2.05) is 45.0 Å². The van der Waals surface area contributed by atoms with Gasteiger partial charge in [0.1, 0.15) is 5.75 Å². The SMILES string of the molecule is CC(C)Oc1cccc(C(C)NC(=O)C[C@@H]2CCC[C@H]2N)c1.Cl. The zero-order chi connectivity index (χ0) is 16.1. The Morgan fingerprint density at radius 3 is 2.70 bits per heavy atom. The molecular formula is C18H29ClN2O2. The van der Waals surface area contributed by atoms with Crippen molar-refractivity contribution in [3.63, 3.8) is 0 Å². The van der Waals surface area contributed by atoms with Crippen LogP contribution in [0.25, 0.3) is 0 Å². The van der Waals surface area contributed by atoms with E-state index in [1.165, 1.54) is 0 Å². The molecule has 0 radical (unpaired) electrons. The van der Waals surface area contributed by atoms with E-state index in [4.69, 9.17) is 10.5 Å². The summed E-state index contributed by atoms with van der Waals surface area (Å²) in [7, 11) is 0. The van der Waals surface area contributed by atoms with Gasteiger partial charge in [-0.25, -0.2) is 0 Å². The van der Waals surface area contributed by atoms with Crippen LogP contribution in [-0.2, 0) is 4.79 Å². The molecule has 1 aromatic carbocycles. The minimum absolute atomic E-state index is 0. The first-order valence-corrected chi connectivity index (χ1v) is 8.27. The van der Waals surface area contributed by atoms with Crippen molar-refractivity contribution in [1.29, 1.82) is 0 Å². The number of carbonyl (C=O) groups excluding carboxylic acids is 1. The zero-order valence-electron chi connectivity index (χ0n) is 14.2. The molecule has 5 heteroatoms. The summed E-state index contributed by atoms with van der Waals surface area (Å²) < 4.78 is 5.70. The van der Waals surface area contributed by atoms with Gasteiger partial charge in [0.05, 0.1) is 12.1 Å².